The zero-order valence-electron chi connectivity index (χ0n) is 20.2. The number of anilines is 1. The zero-order chi connectivity index (χ0) is 24.8. The second-order valence-corrected chi connectivity index (χ2v) is 8.50. The zero-order valence-corrected chi connectivity index (χ0v) is 20.2. The predicted molar refractivity (Wildman–Crippen MR) is 135 cm³/mol. The Labute approximate surface area is 200 Å². The van der Waals surface area contributed by atoms with Crippen LogP contribution in [0.15, 0.2) is 43.1 Å². The van der Waals surface area contributed by atoms with Gasteiger partial charge in [-0.05, 0) is 44.6 Å². The number of imide groups is 1. The quantitative estimate of drug-likeness (QED) is 0.295. The van der Waals surface area contributed by atoms with Crippen molar-refractivity contribution in [2.45, 2.75) is 26.7 Å². The van der Waals surface area contributed by atoms with E-state index in [0.29, 0.717) is 35.3 Å². The summed E-state index contributed by atoms with van der Waals surface area (Å²) >= 11 is 0. The van der Waals surface area contributed by atoms with Gasteiger partial charge in [-0.3, -0.25) is 24.7 Å². The van der Waals surface area contributed by atoms with Crippen molar-refractivity contribution >= 4 is 40.5 Å². The van der Waals surface area contributed by atoms with E-state index >= 15 is 0 Å². The molecule has 0 bridgehead atoms. The van der Waals surface area contributed by atoms with Crippen molar-refractivity contribution in [1.29, 1.82) is 5.41 Å². The van der Waals surface area contributed by atoms with Crippen LogP contribution in [0.5, 0.6) is 0 Å². The third-order valence-electron chi connectivity index (χ3n) is 6.19. The van der Waals surface area contributed by atoms with E-state index in [2.05, 4.69) is 18.4 Å². The number of hydrogen-bond donors (Lipinski definition) is 1. The molecule has 0 aliphatic carbocycles. The van der Waals surface area contributed by atoms with Gasteiger partial charge in [0.25, 0.3) is 11.8 Å². The van der Waals surface area contributed by atoms with Crippen LogP contribution in [0.4, 0.5) is 5.69 Å². The second-order valence-electron chi connectivity index (χ2n) is 8.50. The molecule has 0 spiro atoms. The largest absolute Gasteiger partial charge is 0.343 e. The van der Waals surface area contributed by atoms with Crippen molar-refractivity contribution in [2.75, 3.05) is 44.7 Å². The lowest BCUT2D eigenvalue weighted by Gasteiger charge is -2.30. The van der Waals surface area contributed by atoms with Crippen molar-refractivity contribution < 1.29 is 14.4 Å². The van der Waals surface area contributed by atoms with Crippen LogP contribution in [-0.2, 0) is 4.79 Å². The molecule has 0 aromatic heterocycles. The second kappa shape index (κ2) is 11.1. The highest BCUT2D eigenvalue weighted by atomic mass is 16.2. The van der Waals surface area contributed by atoms with Gasteiger partial charge in [-0.25, -0.2) is 0 Å². The Morgan fingerprint density at radius 3 is 2.38 bits per heavy atom. The summed E-state index contributed by atoms with van der Waals surface area (Å²) in [6.07, 6.45) is 4.42. The lowest BCUT2D eigenvalue weighted by molar-refractivity contribution is -0.129. The normalized spacial score (nSPS) is 12.9. The number of likely N-dealkylation sites (N-methyl/N-ethyl adjacent to an activating group) is 1. The number of carbonyl (C=O) groups excluding carboxylic acids is 3. The van der Waals surface area contributed by atoms with Crippen LogP contribution in [0.25, 0.3) is 10.8 Å². The first-order valence-electron chi connectivity index (χ1n) is 11.6. The Balaban J connectivity index is 1.72. The lowest BCUT2D eigenvalue weighted by atomic mass is 9.92. The Hall–Kier alpha value is -3.52. The molecule has 1 aliphatic heterocycles. The number of hydrogen-bond acceptors (Lipinski definition) is 5. The molecule has 180 valence electrons. The summed E-state index contributed by atoms with van der Waals surface area (Å²) in [6, 6.07) is 8.89. The van der Waals surface area contributed by atoms with Gasteiger partial charge in [-0.2, -0.15) is 0 Å². The van der Waals surface area contributed by atoms with E-state index in [1.54, 1.807) is 36.1 Å². The maximum Gasteiger partial charge on any atom is 0.261 e. The van der Waals surface area contributed by atoms with Crippen LogP contribution in [0, 0.1) is 5.41 Å². The van der Waals surface area contributed by atoms with Crippen molar-refractivity contribution in [2.24, 2.45) is 0 Å². The van der Waals surface area contributed by atoms with Gasteiger partial charge in [0.05, 0.1) is 12.0 Å². The van der Waals surface area contributed by atoms with Crippen molar-refractivity contribution in [3.63, 3.8) is 0 Å². The molecule has 3 rings (SSSR count). The fraction of sp³-hybridized carbons (Fsp3) is 0.385. The van der Waals surface area contributed by atoms with E-state index < -0.39 is 0 Å². The Kier molecular flexibility index (Phi) is 8.17. The molecule has 8 nitrogen and oxygen atoms in total. The standard InChI is InChI=1S/C26H33N5O3/c1-5-13-30(19(3)32)15-8-14-28(4)16-17-31-25(33)21-10-7-9-20-23(29(6-2)18-27)12-11-22(24(20)21)26(31)34/h6-7,9-12,18,27H,2,5,8,13-17H2,1,3-4H3. The highest BCUT2D eigenvalue weighted by Gasteiger charge is 2.33. The molecule has 0 fully saturated rings. The first kappa shape index (κ1) is 25.1. The first-order chi connectivity index (χ1) is 16.3. The fourth-order valence-electron chi connectivity index (χ4n) is 4.39. The van der Waals surface area contributed by atoms with Gasteiger partial charge in [0.15, 0.2) is 0 Å². The van der Waals surface area contributed by atoms with E-state index in [-0.39, 0.29) is 24.3 Å². The molecule has 2 aromatic carbocycles. The van der Waals surface area contributed by atoms with Crippen LogP contribution in [-0.4, -0.2) is 78.5 Å². The minimum atomic E-state index is -0.306. The molecular weight excluding hydrogens is 430 g/mol. The fourth-order valence-corrected chi connectivity index (χ4v) is 4.39. The third kappa shape index (κ3) is 5.02. The maximum absolute atomic E-state index is 13.3. The SMILES string of the molecule is C=CN(C=N)c1ccc2c3c(cccc13)C(=O)N(CCN(C)CCCN(CCC)C(C)=O)C2=O. The summed E-state index contributed by atoms with van der Waals surface area (Å²) in [6.45, 7) is 10.4. The lowest BCUT2D eigenvalue weighted by Crippen LogP contribution is -2.44. The number of benzene rings is 2. The summed E-state index contributed by atoms with van der Waals surface area (Å²) in [5.74, 6) is -0.527. The maximum atomic E-state index is 13.3. The van der Waals surface area contributed by atoms with Gasteiger partial charge >= 0.3 is 0 Å². The molecule has 2 aromatic rings. The number of nitrogens with zero attached hydrogens (tertiary/aromatic N) is 4. The van der Waals surface area contributed by atoms with Crippen LogP contribution < -0.4 is 4.90 Å². The Morgan fingerprint density at radius 1 is 1.06 bits per heavy atom. The summed E-state index contributed by atoms with van der Waals surface area (Å²) in [4.78, 5) is 45.0. The molecule has 0 saturated carbocycles. The number of rotatable bonds is 12. The van der Waals surface area contributed by atoms with E-state index in [9.17, 15) is 14.4 Å². The van der Waals surface area contributed by atoms with Crippen LogP contribution in [0.2, 0.25) is 0 Å². The molecule has 1 aliphatic rings. The van der Waals surface area contributed by atoms with Gasteiger partial charge < -0.3 is 14.7 Å². The highest BCUT2D eigenvalue weighted by Crippen LogP contribution is 2.35. The molecule has 1 heterocycles. The van der Waals surface area contributed by atoms with Crippen molar-refractivity contribution in [3.05, 3.63) is 54.2 Å². The van der Waals surface area contributed by atoms with E-state index in [1.807, 2.05) is 18.0 Å². The third-order valence-corrected chi connectivity index (χ3v) is 6.19. The van der Waals surface area contributed by atoms with Gasteiger partial charge in [0.2, 0.25) is 5.91 Å². The van der Waals surface area contributed by atoms with E-state index in [0.717, 1.165) is 37.7 Å². The predicted octanol–water partition coefficient (Wildman–Crippen LogP) is 3.57. The average Bonchev–Trinajstić information content (AvgIpc) is 2.83. The van der Waals surface area contributed by atoms with E-state index in [1.165, 1.54) is 11.1 Å². The molecule has 0 unspecified atom stereocenters. The van der Waals surface area contributed by atoms with Crippen molar-refractivity contribution in [3.8, 4) is 0 Å². The van der Waals surface area contributed by atoms with Gasteiger partial charge in [0, 0.05) is 61.2 Å². The van der Waals surface area contributed by atoms with Crippen LogP contribution in [0.3, 0.4) is 0 Å². The summed E-state index contributed by atoms with van der Waals surface area (Å²) in [5, 5.41) is 8.98. The topological polar surface area (TPSA) is 88.0 Å². The smallest absolute Gasteiger partial charge is 0.261 e. The molecule has 0 saturated heterocycles. The van der Waals surface area contributed by atoms with Crippen LogP contribution in [0.1, 0.15) is 47.4 Å². The summed E-state index contributed by atoms with van der Waals surface area (Å²) in [5.41, 5.74) is 1.67. The molecule has 3 amide bonds. The van der Waals surface area contributed by atoms with E-state index in [4.69, 9.17) is 5.41 Å². The number of carbonyl (C=O) groups is 3. The Morgan fingerprint density at radius 2 is 1.76 bits per heavy atom. The highest BCUT2D eigenvalue weighted by molar-refractivity contribution is 6.27. The monoisotopic (exact) mass is 463 g/mol. The molecule has 0 atom stereocenters. The van der Waals surface area contributed by atoms with Gasteiger partial charge in [-0.1, -0.05) is 25.6 Å². The molecule has 8 heteroatoms. The molecule has 0 radical (unpaired) electrons. The van der Waals surface area contributed by atoms with Gasteiger partial charge in [-0.15, -0.1) is 0 Å². The first-order valence-corrected chi connectivity index (χ1v) is 11.6. The summed E-state index contributed by atoms with van der Waals surface area (Å²) < 4.78 is 0. The number of nitrogens with one attached hydrogen (secondary N) is 1. The molecular formula is C26H33N5O3. The van der Waals surface area contributed by atoms with Gasteiger partial charge in [0.1, 0.15) is 0 Å². The number of amides is 3. The minimum absolute atomic E-state index is 0.0850. The molecule has 34 heavy (non-hydrogen) atoms. The summed E-state index contributed by atoms with van der Waals surface area (Å²) in [7, 11) is 1.96. The minimum Gasteiger partial charge on any atom is -0.343 e. The molecule has 1 N–H and O–H groups in total. The Bertz CT molecular complexity index is 1080. The average molecular weight is 464 g/mol. The van der Waals surface area contributed by atoms with Crippen molar-refractivity contribution in [1.82, 2.24) is 14.7 Å². The van der Waals surface area contributed by atoms with Crippen LogP contribution >= 0.6 is 0 Å².